The molecule has 0 radical (unpaired) electrons. The number of hydrogen-bond donors (Lipinski definition) is 1. The predicted molar refractivity (Wildman–Crippen MR) is 133 cm³/mol. The first-order valence-corrected chi connectivity index (χ1v) is 13.0. The molecule has 3 aromatic heterocycles. The van der Waals surface area contributed by atoms with E-state index in [0.717, 1.165) is 59.9 Å². The third-order valence-corrected chi connectivity index (χ3v) is 8.12. The maximum atomic E-state index is 6.06. The number of nitrogens with one attached hydrogen (secondary N) is 1. The highest BCUT2D eigenvalue weighted by molar-refractivity contribution is 5.81. The zero-order valence-electron chi connectivity index (χ0n) is 20.5. The van der Waals surface area contributed by atoms with E-state index in [9.17, 15) is 0 Å². The number of fused-ring (bicyclic) bond motifs is 6. The Labute approximate surface area is 210 Å². The van der Waals surface area contributed by atoms with Gasteiger partial charge in [-0.05, 0) is 31.7 Å². The van der Waals surface area contributed by atoms with E-state index in [4.69, 9.17) is 23.9 Å². The number of pyridine rings is 3. The van der Waals surface area contributed by atoms with Gasteiger partial charge in [-0.2, -0.15) is 0 Å². The second-order valence-electron chi connectivity index (χ2n) is 10.2. The Hall–Kier alpha value is -3.17. The summed E-state index contributed by atoms with van der Waals surface area (Å²) in [6.07, 6.45) is 8.46. The van der Waals surface area contributed by atoms with Crippen molar-refractivity contribution < 1.29 is 18.9 Å². The van der Waals surface area contributed by atoms with Crippen LogP contribution in [0.25, 0.3) is 11.0 Å². The van der Waals surface area contributed by atoms with Crippen LogP contribution in [0.2, 0.25) is 0 Å². The van der Waals surface area contributed by atoms with Gasteiger partial charge >= 0.3 is 0 Å². The fraction of sp³-hybridized carbons (Fsp3) is 0.519. The van der Waals surface area contributed by atoms with E-state index in [-0.39, 0.29) is 0 Å². The lowest BCUT2D eigenvalue weighted by molar-refractivity contribution is 0.105. The summed E-state index contributed by atoms with van der Waals surface area (Å²) in [6, 6.07) is 7.53. The highest BCUT2D eigenvalue weighted by Crippen LogP contribution is 2.42. The molecule has 4 aliphatic heterocycles. The number of ether oxygens (including phenoxy) is 4. The van der Waals surface area contributed by atoms with Gasteiger partial charge in [-0.15, -0.1) is 0 Å². The van der Waals surface area contributed by atoms with E-state index in [1.54, 1.807) is 13.3 Å². The molecule has 0 amide bonds. The minimum Gasteiger partial charge on any atom is -0.491 e. The zero-order chi connectivity index (χ0) is 24.1. The van der Waals surface area contributed by atoms with Crippen molar-refractivity contribution in [3.63, 3.8) is 0 Å². The summed E-state index contributed by atoms with van der Waals surface area (Å²) >= 11 is 0. The van der Waals surface area contributed by atoms with Crippen LogP contribution in [0.15, 0.2) is 30.6 Å². The molecule has 0 spiro atoms. The standard InChI is InChI=1S/C27H31N5O4/c1-33-25-5-4-21-27(31-25)26-16(15-36-24(26)13-30-21)14-32-19-2-3-20(32)9-17(8-19)28-11-18-10-22-23(12-29-18)35-7-6-34-22/h4-5,10,12-13,16-17,19-20,28H,2-3,6-9,11,14-15H2,1H3/t16-,17?,19?,20?/m1/s1. The van der Waals surface area contributed by atoms with Crippen LogP contribution >= 0.6 is 0 Å². The summed E-state index contributed by atoms with van der Waals surface area (Å²) in [5, 5.41) is 3.77. The third kappa shape index (κ3) is 3.90. The van der Waals surface area contributed by atoms with E-state index >= 15 is 0 Å². The van der Waals surface area contributed by atoms with Crippen molar-refractivity contribution >= 4 is 11.0 Å². The van der Waals surface area contributed by atoms with Crippen LogP contribution in [0.5, 0.6) is 23.1 Å². The van der Waals surface area contributed by atoms with Crippen molar-refractivity contribution in [2.45, 2.75) is 56.3 Å². The van der Waals surface area contributed by atoms with Crippen molar-refractivity contribution in [3.05, 3.63) is 41.9 Å². The summed E-state index contributed by atoms with van der Waals surface area (Å²) in [7, 11) is 1.65. The fourth-order valence-electron chi connectivity index (χ4n) is 6.42. The van der Waals surface area contributed by atoms with Crippen molar-refractivity contribution in [1.82, 2.24) is 25.2 Å². The fourth-order valence-corrected chi connectivity index (χ4v) is 6.42. The molecule has 2 saturated heterocycles. The van der Waals surface area contributed by atoms with E-state index in [0.29, 0.717) is 49.7 Å². The largest absolute Gasteiger partial charge is 0.491 e. The lowest BCUT2D eigenvalue weighted by Gasteiger charge is -2.40. The maximum Gasteiger partial charge on any atom is 0.213 e. The molecule has 7 rings (SSSR count). The molecule has 2 bridgehead atoms. The van der Waals surface area contributed by atoms with Crippen LogP contribution in [0.1, 0.15) is 42.9 Å². The molecule has 2 unspecified atom stereocenters. The summed E-state index contributed by atoms with van der Waals surface area (Å²) in [6.45, 7) is 3.61. The van der Waals surface area contributed by atoms with Crippen LogP contribution in [0.4, 0.5) is 0 Å². The highest BCUT2D eigenvalue weighted by Gasteiger charge is 2.42. The minimum absolute atomic E-state index is 0.291. The van der Waals surface area contributed by atoms with Crippen LogP contribution in [0, 0.1) is 0 Å². The number of nitrogens with zero attached hydrogens (tertiary/aromatic N) is 4. The van der Waals surface area contributed by atoms with Crippen LogP contribution in [0.3, 0.4) is 0 Å². The predicted octanol–water partition coefficient (Wildman–Crippen LogP) is 3.07. The second-order valence-corrected chi connectivity index (χ2v) is 10.2. The molecule has 9 nitrogen and oxygen atoms in total. The smallest absolute Gasteiger partial charge is 0.213 e. The Morgan fingerprint density at radius 2 is 1.81 bits per heavy atom. The average Bonchev–Trinajstić information content (AvgIpc) is 3.43. The Kier molecular flexibility index (Phi) is 5.54. The monoisotopic (exact) mass is 489 g/mol. The van der Waals surface area contributed by atoms with Crippen molar-refractivity contribution in [2.24, 2.45) is 0 Å². The molecule has 3 aromatic rings. The molecule has 1 N–H and O–H groups in total. The van der Waals surface area contributed by atoms with Crippen LogP contribution in [-0.2, 0) is 6.54 Å². The van der Waals surface area contributed by atoms with Gasteiger partial charge in [0, 0.05) is 54.8 Å². The molecular formula is C27H31N5O4. The molecule has 0 saturated carbocycles. The summed E-state index contributed by atoms with van der Waals surface area (Å²) < 4.78 is 22.8. The Bertz CT molecular complexity index is 1270. The van der Waals surface area contributed by atoms with E-state index in [1.807, 2.05) is 24.4 Å². The Morgan fingerprint density at radius 3 is 2.64 bits per heavy atom. The first-order chi connectivity index (χ1) is 17.7. The number of piperidine rings is 1. The topological polar surface area (TPSA) is 90.9 Å². The van der Waals surface area contributed by atoms with Gasteiger partial charge in [0.2, 0.25) is 5.88 Å². The van der Waals surface area contributed by atoms with Gasteiger partial charge in [0.05, 0.1) is 37.3 Å². The average molecular weight is 490 g/mol. The number of rotatable bonds is 6. The van der Waals surface area contributed by atoms with Gasteiger partial charge in [0.1, 0.15) is 24.5 Å². The third-order valence-electron chi connectivity index (χ3n) is 8.12. The molecule has 9 heteroatoms. The zero-order valence-corrected chi connectivity index (χ0v) is 20.5. The molecular weight excluding hydrogens is 458 g/mol. The maximum absolute atomic E-state index is 6.06. The number of aromatic nitrogens is 3. The quantitative estimate of drug-likeness (QED) is 0.561. The van der Waals surface area contributed by atoms with Crippen LogP contribution in [-0.4, -0.2) is 71.5 Å². The number of hydrogen-bond acceptors (Lipinski definition) is 9. The second kappa shape index (κ2) is 9.05. The Balaban J connectivity index is 1.03. The molecule has 4 aliphatic rings. The summed E-state index contributed by atoms with van der Waals surface area (Å²) in [5.74, 6) is 3.31. The van der Waals surface area contributed by atoms with Gasteiger partial charge in [0.25, 0.3) is 0 Å². The summed E-state index contributed by atoms with van der Waals surface area (Å²) in [5.41, 5.74) is 3.98. The van der Waals surface area contributed by atoms with Crippen molar-refractivity contribution in [3.8, 4) is 23.1 Å². The lowest BCUT2D eigenvalue weighted by atomic mass is 9.93. The summed E-state index contributed by atoms with van der Waals surface area (Å²) in [4.78, 5) is 16.6. The van der Waals surface area contributed by atoms with Gasteiger partial charge in [-0.25, -0.2) is 4.98 Å². The van der Waals surface area contributed by atoms with E-state index in [2.05, 4.69) is 20.2 Å². The molecule has 3 atom stereocenters. The van der Waals surface area contributed by atoms with E-state index in [1.165, 1.54) is 18.4 Å². The SMILES string of the molecule is COc1ccc2ncc3c(c2n1)[C@H](CN1C2CCC1CC(NCc1cc4c(cn1)OCCO4)C2)CO3. The molecule has 7 heterocycles. The van der Waals surface area contributed by atoms with Crippen molar-refractivity contribution in [1.29, 1.82) is 0 Å². The van der Waals surface area contributed by atoms with Gasteiger partial charge in [0.15, 0.2) is 11.5 Å². The first-order valence-electron chi connectivity index (χ1n) is 13.0. The Morgan fingerprint density at radius 1 is 1.00 bits per heavy atom. The molecule has 36 heavy (non-hydrogen) atoms. The van der Waals surface area contributed by atoms with Gasteiger partial charge in [-0.3, -0.25) is 14.9 Å². The van der Waals surface area contributed by atoms with Crippen molar-refractivity contribution in [2.75, 3.05) is 33.5 Å². The first kappa shape index (κ1) is 22.1. The molecule has 2 fully saturated rings. The van der Waals surface area contributed by atoms with Crippen LogP contribution < -0.4 is 24.3 Å². The van der Waals surface area contributed by atoms with Gasteiger partial charge in [-0.1, -0.05) is 0 Å². The molecule has 0 aromatic carbocycles. The lowest BCUT2D eigenvalue weighted by Crippen LogP contribution is -2.50. The number of methoxy groups -OCH3 is 1. The normalized spacial score (nSPS) is 26.6. The molecule has 188 valence electrons. The molecule has 0 aliphatic carbocycles. The van der Waals surface area contributed by atoms with Gasteiger partial charge < -0.3 is 24.3 Å². The minimum atomic E-state index is 0.291. The van der Waals surface area contributed by atoms with E-state index < -0.39 is 0 Å². The highest BCUT2D eigenvalue weighted by atomic mass is 16.6.